The Morgan fingerprint density at radius 3 is 2.75 bits per heavy atom. The SMILES string of the molecule is C[C@H](OC(=O)c1cc(Cl)ccc1Cl)c1nc2ccccc2c(=O)[nH]1. The molecule has 0 saturated carbocycles. The van der Waals surface area contributed by atoms with Crippen molar-refractivity contribution in [3.05, 3.63) is 74.3 Å². The van der Waals surface area contributed by atoms with Crippen LogP contribution in [0.3, 0.4) is 0 Å². The number of hydrogen-bond donors (Lipinski definition) is 1. The molecule has 0 aliphatic rings. The summed E-state index contributed by atoms with van der Waals surface area (Å²) in [5.41, 5.74) is 0.387. The van der Waals surface area contributed by atoms with Gasteiger partial charge in [-0.25, -0.2) is 9.78 Å². The van der Waals surface area contributed by atoms with E-state index in [-0.39, 0.29) is 22.0 Å². The van der Waals surface area contributed by atoms with Crippen LogP contribution >= 0.6 is 23.2 Å². The number of rotatable bonds is 3. The lowest BCUT2D eigenvalue weighted by Crippen LogP contribution is -2.17. The highest BCUT2D eigenvalue weighted by molar-refractivity contribution is 6.35. The summed E-state index contributed by atoms with van der Waals surface area (Å²) in [6.07, 6.45) is -0.759. The minimum atomic E-state index is -0.759. The molecule has 2 aromatic carbocycles. The van der Waals surface area contributed by atoms with Crippen molar-refractivity contribution in [1.82, 2.24) is 9.97 Å². The van der Waals surface area contributed by atoms with Crippen LogP contribution in [0.5, 0.6) is 0 Å². The summed E-state index contributed by atoms with van der Waals surface area (Å²) in [7, 11) is 0. The van der Waals surface area contributed by atoms with E-state index in [1.54, 1.807) is 37.3 Å². The number of aromatic amines is 1. The summed E-state index contributed by atoms with van der Waals surface area (Å²) in [6, 6.07) is 11.4. The van der Waals surface area contributed by atoms with Crippen LogP contribution in [0.4, 0.5) is 0 Å². The maximum atomic E-state index is 12.3. The molecule has 1 N–H and O–H groups in total. The quantitative estimate of drug-likeness (QED) is 0.710. The van der Waals surface area contributed by atoms with Crippen LogP contribution in [0, 0.1) is 0 Å². The first-order valence-electron chi connectivity index (χ1n) is 7.10. The molecule has 3 rings (SSSR count). The van der Waals surface area contributed by atoms with Crippen molar-refractivity contribution >= 4 is 40.1 Å². The highest BCUT2D eigenvalue weighted by atomic mass is 35.5. The van der Waals surface area contributed by atoms with Gasteiger partial charge < -0.3 is 9.72 Å². The molecule has 24 heavy (non-hydrogen) atoms. The zero-order chi connectivity index (χ0) is 17.3. The Hall–Kier alpha value is -2.37. The molecule has 0 spiro atoms. The number of para-hydroxylation sites is 1. The van der Waals surface area contributed by atoms with Crippen LogP contribution in [0.25, 0.3) is 10.9 Å². The standard InChI is InChI=1S/C17H12Cl2N2O3/c1-9(24-17(23)12-8-10(18)6-7-13(12)19)15-20-14-5-3-2-4-11(14)16(22)21-15/h2-9H,1H3,(H,20,21,22)/t9-/m0/s1. The second-order valence-corrected chi connectivity index (χ2v) is 5.98. The van der Waals surface area contributed by atoms with Crippen molar-refractivity contribution in [1.29, 1.82) is 0 Å². The molecule has 0 aliphatic carbocycles. The summed E-state index contributed by atoms with van der Waals surface area (Å²) >= 11 is 11.9. The minimum absolute atomic E-state index is 0.152. The first kappa shape index (κ1) is 16.5. The predicted molar refractivity (Wildman–Crippen MR) is 92.7 cm³/mol. The topological polar surface area (TPSA) is 72.0 Å². The van der Waals surface area contributed by atoms with Gasteiger partial charge in [-0.05, 0) is 37.3 Å². The highest BCUT2D eigenvalue weighted by Gasteiger charge is 2.19. The van der Waals surface area contributed by atoms with Crippen LogP contribution in [0.15, 0.2) is 47.3 Å². The molecule has 5 nitrogen and oxygen atoms in total. The van der Waals surface area contributed by atoms with E-state index in [0.717, 1.165) is 0 Å². The molecule has 0 fully saturated rings. The number of benzene rings is 2. The number of carbonyl (C=O) groups is 1. The average molecular weight is 363 g/mol. The van der Waals surface area contributed by atoms with Gasteiger partial charge in [-0.1, -0.05) is 35.3 Å². The van der Waals surface area contributed by atoms with Crippen molar-refractivity contribution in [2.24, 2.45) is 0 Å². The van der Waals surface area contributed by atoms with E-state index >= 15 is 0 Å². The number of ether oxygens (including phenoxy) is 1. The molecular weight excluding hydrogens is 351 g/mol. The Kier molecular flexibility index (Phi) is 4.55. The van der Waals surface area contributed by atoms with Crippen molar-refractivity contribution < 1.29 is 9.53 Å². The van der Waals surface area contributed by atoms with E-state index in [9.17, 15) is 9.59 Å². The van der Waals surface area contributed by atoms with Crippen molar-refractivity contribution in [3.8, 4) is 0 Å². The van der Waals surface area contributed by atoms with Crippen LogP contribution in [-0.2, 0) is 4.74 Å². The Labute approximate surface area is 147 Å². The lowest BCUT2D eigenvalue weighted by Gasteiger charge is -2.13. The lowest BCUT2D eigenvalue weighted by molar-refractivity contribution is 0.0320. The van der Waals surface area contributed by atoms with Gasteiger partial charge >= 0.3 is 5.97 Å². The second-order valence-electron chi connectivity index (χ2n) is 5.14. The maximum absolute atomic E-state index is 12.3. The lowest BCUT2D eigenvalue weighted by atomic mass is 10.2. The van der Waals surface area contributed by atoms with Gasteiger partial charge in [0.1, 0.15) is 0 Å². The Balaban J connectivity index is 1.89. The Morgan fingerprint density at radius 1 is 1.21 bits per heavy atom. The van der Waals surface area contributed by atoms with E-state index in [2.05, 4.69) is 9.97 Å². The predicted octanol–water partition coefficient (Wildman–Crippen LogP) is 4.15. The van der Waals surface area contributed by atoms with E-state index in [1.165, 1.54) is 12.1 Å². The van der Waals surface area contributed by atoms with E-state index in [1.807, 2.05) is 0 Å². The first-order valence-corrected chi connectivity index (χ1v) is 7.86. The van der Waals surface area contributed by atoms with Crippen LogP contribution in [-0.4, -0.2) is 15.9 Å². The number of halogens is 2. The van der Waals surface area contributed by atoms with Gasteiger partial charge in [-0.3, -0.25) is 4.79 Å². The summed E-state index contributed by atoms with van der Waals surface area (Å²) in [5.74, 6) is -0.393. The summed E-state index contributed by atoms with van der Waals surface area (Å²) < 4.78 is 5.35. The molecule has 0 radical (unpaired) electrons. The van der Waals surface area contributed by atoms with Gasteiger partial charge in [0, 0.05) is 5.02 Å². The third-order valence-corrected chi connectivity index (χ3v) is 4.01. The average Bonchev–Trinajstić information content (AvgIpc) is 2.57. The van der Waals surface area contributed by atoms with Gasteiger partial charge in [0.2, 0.25) is 0 Å². The fraction of sp³-hybridized carbons (Fsp3) is 0.118. The van der Waals surface area contributed by atoms with Crippen molar-refractivity contribution in [2.75, 3.05) is 0 Å². The van der Waals surface area contributed by atoms with Gasteiger partial charge in [0.25, 0.3) is 5.56 Å². The smallest absolute Gasteiger partial charge is 0.340 e. The van der Waals surface area contributed by atoms with Crippen LogP contribution in [0.2, 0.25) is 10.0 Å². The van der Waals surface area contributed by atoms with Gasteiger partial charge in [0.15, 0.2) is 11.9 Å². The molecular formula is C17H12Cl2N2O3. The number of esters is 1. The fourth-order valence-electron chi connectivity index (χ4n) is 2.23. The maximum Gasteiger partial charge on any atom is 0.340 e. The molecule has 122 valence electrons. The van der Waals surface area contributed by atoms with Crippen LogP contribution < -0.4 is 5.56 Å². The first-order chi connectivity index (χ1) is 11.5. The van der Waals surface area contributed by atoms with E-state index in [4.69, 9.17) is 27.9 Å². The van der Waals surface area contributed by atoms with Crippen molar-refractivity contribution in [2.45, 2.75) is 13.0 Å². The number of nitrogens with one attached hydrogen (secondary N) is 1. The van der Waals surface area contributed by atoms with Gasteiger partial charge in [-0.15, -0.1) is 0 Å². The molecule has 0 unspecified atom stereocenters. The van der Waals surface area contributed by atoms with Gasteiger partial charge in [-0.2, -0.15) is 0 Å². The Bertz CT molecular complexity index is 985. The summed E-state index contributed by atoms with van der Waals surface area (Å²) in [6.45, 7) is 1.61. The third kappa shape index (κ3) is 3.27. The third-order valence-electron chi connectivity index (χ3n) is 3.45. The number of nitrogens with zero attached hydrogens (tertiary/aromatic N) is 1. The molecule has 0 amide bonds. The van der Waals surface area contributed by atoms with Crippen molar-refractivity contribution in [3.63, 3.8) is 0 Å². The summed E-state index contributed by atoms with van der Waals surface area (Å²) in [5, 5.41) is 1.07. The van der Waals surface area contributed by atoms with Gasteiger partial charge in [0.05, 0.1) is 21.5 Å². The largest absolute Gasteiger partial charge is 0.451 e. The minimum Gasteiger partial charge on any atom is -0.451 e. The van der Waals surface area contributed by atoms with Crippen LogP contribution in [0.1, 0.15) is 29.2 Å². The summed E-state index contributed by atoms with van der Waals surface area (Å²) in [4.78, 5) is 31.3. The number of aromatic nitrogens is 2. The number of hydrogen-bond acceptors (Lipinski definition) is 4. The van der Waals surface area contributed by atoms with E-state index < -0.39 is 12.1 Å². The number of carbonyl (C=O) groups excluding carboxylic acids is 1. The molecule has 0 aliphatic heterocycles. The zero-order valence-corrected chi connectivity index (χ0v) is 14.1. The number of H-pyrrole nitrogens is 1. The zero-order valence-electron chi connectivity index (χ0n) is 12.5. The Morgan fingerprint density at radius 2 is 1.96 bits per heavy atom. The highest BCUT2D eigenvalue weighted by Crippen LogP contribution is 2.24. The molecule has 1 heterocycles. The molecule has 0 bridgehead atoms. The molecule has 3 aromatic rings. The normalized spacial score (nSPS) is 12.1. The molecule has 7 heteroatoms. The number of fused-ring (bicyclic) bond motifs is 1. The molecule has 0 saturated heterocycles. The molecule has 1 aromatic heterocycles. The fourth-order valence-corrected chi connectivity index (χ4v) is 2.60. The second kappa shape index (κ2) is 6.63. The van der Waals surface area contributed by atoms with E-state index in [0.29, 0.717) is 15.9 Å². The molecule has 1 atom stereocenters. The monoisotopic (exact) mass is 362 g/mol.